The molecule has 96 valence electrons. The minimum absolute atomic E-state index is 0.750. The summed E-state index contributed by atoms with van der Waals surface area (Å²) < 4.78 is 11.8. The van der Waals surface area contributed by atoms with Crippen molar-refractivity contribution in [1.82, 2.24) is 0 Å². The van der Waals surface area contributed by atoms with Crippen molar-refractivity contribution >= 4 is 24.5 Å². The fourth-order valence-corrected chi connectivity index (χ4v) is 4.37. The summed E-state index contributed by atoms with van der Waals surface area (Å²) in [6.45, 7) is 4.98. The van der Waals surface area contributed by atoms with Crippen LogP contribution in [0.3, 0.4) is 0 Å². The zero-order chi connectivity index (χ0) is 13.0. The predicted octanol–water partition coefficient (Wildman–Crippen LogP) is 3.19. The maximum atomic E-state index is 6.04. The zero-order valence-electron chi connectivity index (χ0n) is 11.3. The van der Waals surface area contributed by atoms with E-state index in [0.29, 0.717) is 0 Å². The van der Waals surface area contributed by atoms with Crippen LogP contribution < -0.4 is 5.19 Å². The van der Waals surface area contributed by atoms with Gasteiger partial charge in [-0.1, -0.05) is 49.4 Å². The Morgan fingerprint density at radius 1 is 1.06 bits per heavy atom. The molecule has 0 aliphatic heterocycles. The second-order valence-electron chi connectivity index (χ2n) is 4.53. The van der Waals surface area contributed by atoms with Crippen LogP contribution in [0.1, 0.15) is 13.3 Å². The average Bonchev–Trinajstić information content (AvgIpc) is 2.44. The topological polar surface area (TPSA) is 18.5 Å². The maximum absolute atomic E-state index is 6.04. The molecule has 2 nitrogen and oxygen atoms in total. The summed E-state index contributed by atoms with van der Waals surface area (Å²) in [5, 5.41) is 3.70. The van der Waals surface area contributed by atoms with Gasteiger partial charge in [0, 0.05) is 18.9 Å². The molecule has 0 aliphatic carbocycles. The van der Waals surface area contributed by atoms with E-state index in [2.05, 4.69) is 55.9 Å². The fourth-order valence-electron chi connectivity index (χ4n) is 2.16. The van der Waals surface area contributed by atoms with Gasteiger partial charge in [-0.25, -0.2) is 0 Å². The molecule has 2 aromatic carbocycles. The molecule has 0 amide bonds. The van der Waals surface area contributed by atoms with Crippen molar-refractivity contribution in [2.24, 2.45) is 0 Å². The minimum atomic E-state index is -2.28. The highest BCUT2D eigenvalue weighted by atomic mass is 28.4. The number of benzene rings is 2. The van der Waals surface area contributed by atoms with Crippen LogP contribution in [0.2, 0.25) is 6.55 Å². The van der Waals surface area contributed by atoms with E-state index in [0.717, 1.165) is 13.0 Å². The monoisotopic (exact) mass is 260 g/mol. The smallest absolute Gasteiger partial charge is 0.369 e. The summed E-state index contributed by atoms with van der Waals surface area (Å²) in [7, 11) is -0.531. The van der Waals surface area contributed by atoms with Gasteiger partial charge in [-0.15, -0.1) is 0 Å². The summed E-state index contributed by atoms with van der Waals surface area (Å²) in [5.41, 5.74) is 0. The third kappa shape index (κ3) is 2.48. The van der Waals surface area contributed by atoms with Gasteiger partial charge in [0.2, 0.25) is 0 Å². The summed E-state index contributed by atoms with van der Waals surface area (Å²) in [5.74, 6) is 0. The molecule has 0 radical (unpaired) electrons. The van der Waals surface area contributed by atoms with Crippen molar-refractivity contribution in [2.75, 3.05) is 13.7 Å². The van der Waals surface area contributed by atoms with E-state index in [4.69, 9.17) is 8.85 Å². The van der Waals surface area contributed by atoms with Crippen molar-refractivity contribution in [3.05, 3.63) is 42.5 Å². The van der Waals surface area contributed by atoms with E-state index in [1.807, 2.05) is 0 Å². The molecule has 0 aromatic heterocycles. The highest BCUT2D eigenvalue weighted by Gasteiger charge is 2.34. The molecule has 0 heterocycles. The Hall–Kier alpha value is -1.16. The van der Waals surface area contributed by atoms with Gasteiger partial charge in [0.1, 0.15) is 0 Å². The molecule has 0 aliphatic rings. The zero-order valence-corrected chi connectivity index (χ0v) is 12.3. The number of fused-ring (bicyclic) bond motifs is 1. The molecule has 1 unspecified atom stereocenters. The van der Waals surface area contributed by atoms with Crippen LogP contribution in [-0.2, 0) is 8.85 Å². The van der Waals surface area contributed by atoms with Gasteiger partial charge in [0.25, 0.3) is 0 Å². The van der Waals surface area contributed by atoms with E-state index in [1.54, 1.807) is 7.11 Å². The quantitative estimate of drug-likeness (QED) is 0.769. The summed E-state index contributed by atoms with van der Waals surface area (Å²) in [4.78, 5) is 0. The van der Waals surface area contributed by atoms with Crippen molar-refractivity contribution in [1.29, 1.82) is 0 Å². The second-order valence-corrected chi connectivity index (χ2v) is 7.65. The Balaban J connectivity index is 2.51. The van der Waals surface area contributed by atoms with Crippen LogP contribution in [0.15, 0.2) is 42.5 Å². The molecule has 0 spiro atoms. The Morgan fingerprint density at radius 2 is 1.78 bits per heavy atom. The highest BCUT2D eigenvalue weighted by molar-refractivity contribution is 6.82. The maximum Gasteiger partial charge on any atom is 0.369 e. The van der Waals surface area contributed by atoms with Crippen molar-refractivity contribution in [2.45, 2.75) is 19.9 Å². The van der Waals surface area contributed by atoms with E-state index in [-0.39, 0.29) is 0 Å². The minimum Gasteiger partial charge on any atom is -0.394 e. The second kappa shape index (κ2) is 5.65. The number of rotatable bonds is 5. The highest BCUT2D eigenvalue weighted by Crippen LogP contribution is 2.17. The van der Waals surface area contributed by atoms with Gasteiger partial charge in [-0.3, -0.25) is 0 Å². The summed E-state index contributed by atoms with van der Waals surface area (Å²) in [6, 6.07) is 14.7. The van der Waals surface area contributed by atoms with Crippen LogP contribution in [0.25, 0.3) is 10.8 Å². The number of hydrogen-bond donors (Lipinski definition) is 0. The van der Waals surface area contributed by atoms with Crippen molar-refractivity contribution in [3.8, 4) is 0 Å². The van der Waals surface area contributed by atoms with Gasteiger partial charge >= 0.3 is 8.56 Å². The SMILES string of the molecule is CCCO[Si](C)(OC)c1cccc2ccccc12. The first kappa shape index (κ1) is 13.3. The lowest BCUT2D eigenvalue weighted by Crippen LogP contribution is -2.50. The van der Waals surface area contributed by atoms with Crippen LogP contribution >= 0.6 is 0 Å². The van der Waals surface area contributed by atoms with Crippen molar-refractivity contribution in [3.63, 3.8) is 0 Å². The average molecular weight is 260 g/mol. The third-order valence-electron chi connectivity index (χ3n) is 3.25. The summed E-state index contributed by atoms with van der Waals surface area (Å²) >= 11 is 0. The molecule has 2 aromatic rings. The normalized spacial score (nSPS) is 14.6. The Bertz CT molecular complexity index is 521. The first-order valence-corrected chi connectivity index (χ1v) is 8.70. The van der Waals surface area contributed by atoms with Gasteiger partial charge in [0.05, 0.1) is 0 Å². The van der Waals surface area contributed by atoms with Crippen LogP contribution in [0.4, 0.5) is 0 Å². The van der Waals surface area contributed by atoms with Gasteiger partial charge in [-0.2, -0.15) is 0 Å². The van der Waals surface area contributed by atoms with E-state index < -0.39 is 8.56 Å². The van der Waals surface area contributed by atoms with Crippen molar-refractivity contribution < 1.29 is 8.85 Å². The van der Waals surface area contributed by atoms with Crippen LogP contribution in [0, 0.1) is 0 Å². The molecular weight excluding hydrogens is 240 g/mol. The Labute approximate surface area is 110 Å². The Kier molecular flexibility index (Phi) is 4.17. The van der Waals surface area contributed by atoms with E-state index in [1.165, 1.54) is 16.0 Å². The first-order valence-electron chi connectivity index (χ1n) is 6.38. The third-order valence-corrected chi connectivity index (χ3v) is 6.20. The van der Waals surface area contributed by atoms with Gasteiger partial charge in [-0.05, 0) is 23.7 Å². The van der Waals surface area contributed by atoms with Gasteiger partial charge < -0.3 is 8.85 Å². The largest absolute Gasteiger partial charge is 0.394 e. The molecule has 0 saturated carbocycles. The molecule has 0 saturated heterocycles. The summed E-state index contributed by atoms with van der Waals surface area (Å²) in [6.07, 6.45) is 1.01. The standard InChI is InChI=1S/C15H20O2Si/c1-4-12-17-18(3,16-2)15-11-7-9-13-8-5-6-10-14(13)15/h5-11H,4,12H2,1-3H3. The number of hydrogen-bond acceptors (Lipinski definition) is 2. The molecule has 2 rings (SSSR count). The molecule has 18 heavy (non-hydrogen) atoms. The lowest BCUT2D eigenvalue weighted by atomic mass is 10.1. The molecule has 0 fully saturated rings. The molecule has 3 heteroatoms. The molecule has 0 bridgehead atoms. The molecule has 1 atom stereocenters. The molecule has 0 N–H and O–H groups in total. The lowest BCUT2D eigenvalue weighted by molar-refractivity contribution is 0.218. The fraction of sp³-hybridized carbons (Fsp3) is 0.333. The first-order chi connectivity index (χ1) is 8.71. The molecular formula is C15H20O2Si. The van der Waals surface area contributed by atoms with E-state index in [9.17, 15) is 0 Å². The van der Waals surface area contributed by atoms with Crippen LogP contribution in [0.5, 0.6) is 0 Å². The Morgan fingerprint density at radius 3 is 2.50 bits per heavy atom. The van der Waals surface area contributed by atoms with E-state index >= 15 is 0 Å². The lowest BCUT2D eigenvalue weighted by Gasteiger charge is -2.26. The van der Waals surface area contributed by atoms with Crippen LogP contribution in [-0.4, -0.2) is 22.3 Å². The predicted molar refractivity (Wildman–Crippen MR) is 78.5 cm³/mol. The van der Waals surface area contributed by atoms with Gasteiger partial charge in [0.15, 0.2) is 0 Å².